The SMILES string of the molecule is CCCS(=O)(=O)NC[C@@H]1CC[C@H](CC(=O)N2CCn3nc(C)cc3C2)N1C. The van der Waals surface area contributed by atoms with E-state index in [4.69, 9.17) is 0 Å². The van der Waals surface area contributed by atoms with Crippen molar-refractivity contribution in [1.82, 2.24) is 24.3 Å². The molecular weight excluding hydrogens is 366 g/mol. The van der Waals surface area contributed by atoms with Gasteiger partial charge in [-0.2, -0.15) is 5.10 Å². The number of nitrogens with one attached hydrogen (secondary N) is 1. The number of fused-ring (bicyclic) bond motifs is 1. The van der Waals surface area contributed by atoms with Crippen molar-refractivity contribution in [1.29, 1.82) is 0 Å². The van der Waals surface area contributed by atoms with Crippen LogP contribution in [0.2, 0.25) is 0 Å². The van der Waals surface area contributed by atoms with Crippen molar-refractivity contribution < 1.29 is 13.2 Å². The number of aromatic nitrogens is 2. The van der Waals surface area contributed by atoms with E-state index in [1.54, 1.807) is 0 Å². The third kappa shape index (κ3) is 4.89. The second-order valence-corrected chi connectivity index (χ2v) is 9.66. The highest BCUT2D eigenvalue weighted by Crippen LogP contribution is 2.25. The predicted molar refractivity (Wildman–Crippen MR) is 104 cm³/mol. The molecule has 9 heteroatoms. The molecule has 3 rings (SSSR count). The molecule has 152 valence electrons. The number of likely N-dealkylation sites (tertiary alicyclic amines) is 1. The van der Waals surface area contributed by atoms with Crippen LogP contribution in [0.4, 0.5) is 0 Å². The number of likely N-dealkylation sites (N-methyl/N-ethyl adjacent to an activating group) is 1. The van der Waals surface area contributed by atoms with Gasteiger partial charge in [0, 0.05) is 31.6 Å². The number of hydrogen-bond acceptors (Lipinski definition) is 5. The van der Waals surface area contributed by atoms with E-state index in [0.29, 0.717) is 32.5 Å². The van der Waals surface area contributed by atoms with Crippen molar-refractivity contribution in [3.63, 3.8) is 0 Å². The Kier molecular flexibility index (Phi) is 6.22. The lowest BCUT2D eigenvalue weighted by Gasteiger charge is -2.31. The van der Waals surface area contributed by atoms with Crippen molar-refractivity contribution in [2.45, 2.75) is 64.7 Å². The van der Waals surface area contributed by atoms with Gasteiger partial charge >= 0.3 is 0 Å². The van der Waals surface area contributed by atoms with Crippen LogP contribution in [0.25, 0.3) is 0 Å². The number of carbonyl (C=O) groups is 1. The van der Waals surface area contributed by atoms with Crippen molar-refractivity contribution in [3.8, 4) is 0 Å². The molecular formula is C18H31N5O3S. The van der Waals surface area contributed by atoms with Crippen molar-refractivity contribution in [2.75, 3.05) is 25.9 Å². The standard InChI is InChI=1S/C18H31N5O3S/c1-4-9-27(25,26)19-12-16-6-5-15(21(16)3)11-18(24)22-7-8-23-17(13-22)10-14(2)20-23/h10,15-16,19H,4-9,11-13H2,1-3H3/t15-,16+/m1/s1. The van der Waals surface area contributed by atoms with Crippen LogP contribution in [0.1, 0.15) is 44.0 Å². The molecule has 0 radical (unpaired) electrons. The monoisotopic (exact) mass is 397 g/mol. The summed E-state index contributed by atoms with van der Waals surface area (Å²) in [5, 5.41) is 4.44. The topological polar surface area (TPSA) is 87.5 Å². The highest BCUT2D eigenvalue weighted by molar-refractivity contribution is 7.89. The molecule has 1 amide bonds. The average Bonchev–Trinajstić information content (AvgIpc) is 3.14. The summed E-state index contributed by atoms with van der Waals surface area (Å²) in [6.45, 7) is 6.32. The molecule has 1 N–H and O–H groups in total. The summed E-state index contributed by atoms with van der Waals surface area (Å²) >= 11 is 0. The Labute approximate surface area is 161 Å². The van der Waals surface area contributed by atoms with Crippen molar-refractivity contribution >= 4 is 15.9 Å². The lowest BCUT2D eigenvalue weighted by Crippen LogP contribution is -2.44. The molecule has 3 heterocycles. The largest absolute Gasteiger partial charge is 0.335 e. The van der Waals surface area contributed by atoms with E-state index in [1.807, 2.05) is 36.5 Å². The Balaban J connectivity index is 1.50. The van der Waals surface area contributed by atoms with Crippen LogP contribution in [0, 0.1) is 6.92 Å². The van der Waals surface area contributed by atoms with Crippen molar-refractivity contribution in [2.24, 2.45) is 0 Å². The Morgan fingerprint density at radius 1 is 1.30 bits per heavy atom. The highest BCUT2D eigenvalue weighted by atomic mass is 32.2. The normalized spacial score (nSPS) is 23.6. The van der Waals surface area contributed by atoms with Gasteiger partial charge in [-0.25, -0.2) is 13.1 Å². The molecule has 2 atom stereocenters. The van der Waals surface area contributed by atoms with Gasteiger partial charge in [0.25, 0.3) is 0 Å². The van der Waals surface area contributed by atoms with Gasteiger partial charge in [0.05, 0.1) is 30.2 Å². The maximum atomic E-state index is 12.8. The zero-order chi connectivity index (χ0) is 19.6. The Hall–Kier alpha value is -1.45. The van der Waals surface area contributed by atoms with Gasteiger partial charge in [-0.15, -0.1) is 0 Å². The molecule has 0 unspecified atom stereocenters. The summed E-state index contributed by atoms with van der Waals surface area (Å²) in [5.41, 5.74) is 2.08. The first-order chi connectivity index (χ1) is 12.8. The van der Waals surface area contributed by atoms with Gasteiger partial charge in [-0.1, -0.05) is 6.92 Å². The molecule has 0 spiro atoms. The van der Waals surface area contributed by atoms with E-state index < -0.39 is 10.0 Å². The zero-order valence-electron chi connectivity index (χ0n) is 16.5. The van der Waals surface area contributed by atoms with Crippen LogP contribution in [0.3, 0.4) is 0 Å². The molecule has 0 saturated carbocycles. The fraction of sp³-hybridized carbons (Fsp3) is 0.778. The summed E-state index contributed by atoms with van der Waals surface area (Å²) < 4.78 is 28.4. The number of carbonyl (C=O) groups excluding carboxylic acids is 1. The molecule has 1 aromatic rings. The van der Waals surface area contributed by atoms with Crippen LogP contribution in [0.15, 0.2) is 6.07 Å². The predicted octanol–water partition coefficient (Wildman–Crippen LogP) is 0.716. The minimum Gasteiger partial charge on any atom is -0.335 e. The van der Waals surface area contributed by atoms with Crippen LogP contribution in [0.5, 0.6) is 0 Å². The fourth-order valence-corrected chi connectivity index (χ4v) is 5.23. The number of rotatable bonds is 7. The van der Waals surface area contributed by atoms with Crippen LogP contribution in [-0.2, 0) is 27.9 Å². The Morgan fingerprint density at radius 3 is 2.78 bits per heavy atom. The van der Waals surface area contributed by atoms with Gasteiger partial charge in [0.1, 0.15) is 0 Å². The van der Waals surface area contributed by atoms with E-state index in [2.05, 4.69) is 14.7 Å². The average molecular weight is 398 g/mol. The van der Waals surface area contributed by atoms with Gasteiger partial charge in [0.2, 0.25) is 15.9 Å². The fourth-order valence-electron chi connectivity index (χ4n) is 4.10. The molecule has 2 aliphatic heterocycles. The molecule has 1 fully saturated rings. The summed E-state index contributed by atoms with van der Waals surface area (Å²) in [5.74, 6) is 0.334. The molecule has 27 heavy (non-hydrogen) atoms. The summed E-state index contributed by atoms with van der Waals surface area (Å²) in [4.78, 5) is 16.9. The van der Waals surface area contributed by atoms with E-state index in [9.17, 15) is 13.2 Å². The maximum absolute atomic E-state index is 12.8. The minimum absolute atomic E-state index is 0.153. The molecule has 0 bridgehead atoms. The molecule has 0 aliphatic carbocycles. The zero-order valence-corrected chi connectivity index (χ0v) is 17.3. The van der Waals surface area contributed by atoms with Gasteiger partial charge in [0.15, 0.2) is 0 Å². The maximum Gasteiger partial charge on any atom is 0.224 e. The minimum atomic E-state index is -3.19. The smallest absolute Gasteiger partial charge is 0.224 e. The quantitative estimate of drug-likeness (QED) is 0.732. The van der Waals surface area contributed by atoms with Gasteiger partial charge in [-0.05, 0) is 39.3 Å². The molecule has 0 aromatic carbocycles. The first kappa shape index (κ1) is 20.3. The molecule has 2 aliphatic rings. The van der Waals surface area contributed by atoms with E-state index >= 15 is 0 Å². The first-order valence-electron chi connectivity index (χ1n) is 9.79. The molecule has 1 aromatic heterocycles. The summed E-state index contributed by atoms with van der Waals surface area (Å²) in [7, 11) is -1.19. The Morgan fingerprint density at radius 2 is 2.04 bits per heavy atom. The van der Waals surface area contributed by atoms with Crippen molar-refractivity contribution in [3.05, 3.63) is 17.5 Å². The Bertz CT molecular complexity index is 776. The number of nitrogens with zero attached hydrogens (tertiary/aromatic N) is 4. The lowest BCUT2D eigenvalue weighted by molar-refractivity contribution is -0.133. The first-order valence-corrected chi connectivity index (χ1v) is 11.4. The van der Waals surface area contributed by atoms with Gasteiger partial charge < -0.3 is 4.90 Å². The van der Waals surface area contributed by atoms with E-state index in [-0.39, 0.29) is 23.7 Å². The van der Waals surface area contributed by atoms with Crippen LogP contribution >= 0.6 is 0 Å². The number of hydrogen-bond donors (Lipinski definition) is 1. The van der Waals surface area contributed by atoms with Crippen LogP contribution < -0.4 is 4.72 Å². The number of aryl methyl sites for hydroxylation is 1. The van der Waals surface area contributed by atoms with Crippen LogP contribution in [-0.4, -0.2) is 71.9 Å². The third-order valence-corrected chi connectivity index (χ3v) is 7.23. The highest BCUT2D eigenvalue weighted by Gasteiger charge is 2.34. The summed E-state index contributed by atoms with van der Waals surface area (Å²) in [6, 6.07) is 2.37. The van der Waals surface area contributed by atoms with Gasteiger partial charge in [-0.3, -0.25) is 14.4 Å². The molecule has 1 saturated heterocycles. The molecule has 8 nitrogen and oxygen atoms in total. The second kappa shape index (κ2) is 8.28. The number of amides is 1. The lowest BCUT2D eigenvalue weighted by atomic mass is 10.1. The second-order valence-electron chi connectivity index (χ2n) is 7.74. The third-order valence-electron chi connectivity index (χ3n) is 5.68. The summed E-state index contributed by atoms with van der Waals surface area (Å²) in [6.07, 6.45) is 2.94. The van der Waals surface area contributed by atoms with E-state index in [0.717, 1.165) is 30.8 Å². The number of sulfonamides is 1. The van der Waals surface area contributed by atoms with E-state index in [1.165, 1.54) is 0 Å².